The maximum atomic E-state index is 11.8. The van der Waals surface area contributed by atoms with Crippen LogP contribution in [0.4, 0.5) is 0 Å². The molecular weight excluding hydrogens is 320 g/mol. The number of rotatable bonds is 4. The van der Waals surface area contributed by atoms with Gasteiger partial charge in [-0.1, -0.05) is 0 Å². The number of carboxylic acids is 1. The second-order valence-electron chi connectivity index (χ2n) is 3.52. The van der Waals surface area contributed by atoms with Crippen molar-refractivity contribution in [3.63, 3.8) is 0 Å². The Morgan fingerprint density at radius 1 is 1.50 bits per heavy atom. The van der Waals surface area contributed by atoms with Crippen LogP contribution in [0.1, 0.15) is 16.1 Å². The van der Waals surface area contributed by atoms with Gasteiger partial charge in [-0.3, -0.25) is 14.6 Å². The molecule has 0 aliphatic heterocycles. The Balaban J connectivity index is 2.13. The van der Waals surface area contributed by atoms with Gasteiger partial charge in [0.15, 0.2) is 0 Å². The average molecular weight is 329 g/mol. The lowest BCUT2D eigenvalue weighted by Crippen LogP contribution is -2.25. The Kier molecular flexibility index (Phi) is 3.93. The summed E-state index contributed by atoms with van der Waals surface area (Å²) in [7, 11) is 0. The van der Waals surface area contributed by atoms with E-state index in [-0.39, 0.29) is 18.9 Å². The van der Waals surface area contributed by atoms with E-state index in [1.165, 1.54) is 11.3 Å². The minimum absolute atomic E-state index is 0.0847. The molecule has 0 spiro atoms. The topological polar surface area (TPSA) is 79.3 Å². The fourth-order valence-corrected chi connectivity index (χ4v) is 2.89. The fraction of sp³-hybridized carbons (Fsp3) is 0.182. The van der Waals surface area contributed by atoms with Crippen LogP contribution < -0.4 is 5.32 Å². The fourth-order valence-electron chi connectivity index (χ4n) is 1.39. The van der Waals surface area contributed by atoms with Crippen molar-refractivity contribution in [1.82, 2.24) is 10.3 Å². The van der Waals surface area contributed by atoms with Crippen molar-refractivity contribution >= 4 is 49.4 Å². The van der Waals surface area contributed by atoms with E-state index in [9.17, 15) is 9.59 Å². The molecule has 0 aliphatic rings. The third kappa shape index (κ3) is 2.85. The zero-order chi connectivity index (χ0) is 13.1. The van der Waals surface area contributed by atoms with Crippen LogP contribution in [0, 0.1) is 0 Å². The number of carboxylic acid groups (broad SMARTS) is 1. The molecule has 5 nitrogen and oxygen atoms in total. The van der Waals surface area contributed by atoms with Crippen LogP contribution in [0.25, 0.3) is 10.2 Å². The Morgan fingerprint density at radius 3 is 2.94 bits per heavy atom. The van der Waals surface area contributed by atoms with Gasteiger partial charge in [-0.2, -0.15) is 0 Å². The number of amides is 1. The summed E-state index contributed by atoms with van der Waals surface area (Å²) >= 11 is 4.71. The molecule has 2 aromatic heterocycles. The standard InChI is InChI=1S/C11H9BrN2O3S/c12-6-1-3-13-7-5-8(18-10(6)7)11(17)14-4-2-9(15)16/h1,3,5H,2,4H2,(H,14,17)(H,15,16). The van der Waals surface area contributed by atoms with E-state index in [0.29, 0.717) is 4.88 Å². The van der Waals surface area contributed by atoms with Crippen molar-refractivity contribution in [3.8, 4) is 0 Å². The molecule has 2 heterocycles. The maximum absolute atomic E-state index is 11.8. The highest BCUT2D eigenvalue weighted by molar-refractivity contribution is 9.10. The molecule has 18 heavy (non-hydrogen) atoms. The van der Waals surface area contributed by atoms with Crippen molar-refractivity contribution < 1.29 is 14.7 Å². The molecule has 0 atom stereocenters. The van der Waals surface area contributed by atoms with Crippen LogP contribution in [-0.4, -0.2) is 28.5 Å². The number of nitrogens with one attached hydrogen (secondary N) is 1. The number of hydrogen-bond acceptors (Lipinski definition) is 4. The Hall–Kier alpha value is -1.47. The molecule has 2 N–H and O–H groups in total. The van der Waals surface area contributed by atoms with Gasteiger partial charge < -0.3 is 10.4 Å². The third-order valence-electron chi connectivity index (χ3n) is 2.21. The minimum Gasteiger partial charge on any atom is -0.481 e. The van der Waals surface area contributed by atoms with Crippen molar-refractivity contribution in [2.24, 2.45) is 0 Å². The second-order valence-corrected chi connectivity index (χ2v) is 5.42. The number of thiophene rings is 1. The van der Waals surface area contributed by atoms with Crippen molar-refractivity contribution in [3.05, 3.63) is 27.7 Å². The number of halogens is 1. The highest BCUT2D eigenvalue weighted by atomic mass is 79.9. The maximum Gasteiger partial charge on any atom is 0.305 e. The van der Waals surface area contributed by atoms with Gasteiger partial charge in [-0.15, -0.1) is 11.3 Å². The lowest BCUT2D eigenvalue weighted by atomic mass is 10.3. The summed E-state index contributed by atoms with van der Waals surface area (Å²) in [6, 6.07) is 3.51. The van der Waals surface area contributed by atoms with Crippen molar-refractivity contribution in [2.75, 3.05) is 6.54 Å². The van der Waals surface area contributed by atoms with Gasteiger partial charge in [0.05, 0.1) is 21.5 Å². The third-order valence-corrected chi connectivity index (χ3v) is 4.29. The van der Waals surface area contributed by atoms with E-state index in [1.54, 1.807) is 12.3 Å². The van der Waals surface area contributed by atoms with Crippen LogP contribution in [0.15, 0.2) is 22.8 Å². The molecule has 2 rings (SSSR count). The van der Waals surface area contributed by atoms with Gasteiger partial charge in [0.1, 0.15) is 0 Å². The number of aliphatic carboxylic acids is 1. The zero-order valence-corrected chi connectivity index (χ0v) is 11.5. The molecule has 0 aromatic carbocycles. The predicted octanol–water partition coefficient (Wildman–Crippen LogP) is 2.26. The summed E-state index contributed by atoms with van der Waals surface area (Å²) in [4.78, 5) is 26.8. The van der Waals surface area contributed by atoms with E-state index in [0.717, 1.165) is 14.7 Å². The van der Waals surface area contributed by atoms with Crippen LogP contribution in [0.2, 0.25) is 0 Å². The SMILES string of the molecule is O=C(O)CCNC(=O)c1cc2nccc(Br)c2s1. The molecule has 0 saturated carbocycles. The Bertz CT molecular complexity index is 611. The molecule has 94 valence electrons. The first-order chi connectivity index (χ1) is 8.58. The molecule has 1 amide bonds. The minimum atomic E-state index is -0.934. The van der Waals surface area contributed by atoms with E-state index < -0.39 is 5.97 Å². The summed E-state index contributed by atoms with van der Waals surface area (Å²) < 4.78 is 1.79. The van der Waals surface area contributed by atoms with Gasteiger partial charge >= 0.3 is 5.97 Å². The number of nitrogens with zero attached hydrogens (tertiary/aromatic N) is 1. The molecule has 0 fully saturated rings. The molecule has 0 saturated heterocycles. The van der Waals surface area contributed by atoms with Crippen molar-refractivity contribution in [2.45, 2.75) is 6.42 Å². The highest BCUT2D eigenvalue weighted by Crippen LogP contribution is 2.30. The number of aromatic nitrogens is 1. The number of carbonyl (C=O) groups excluding carboxylic acids is 1. The average Bonchev–Trinajstić information content (AvgIpc) is 2.74. The number of fused-ring (bicyclic) bond motifs is 1. The van der Waals surface area contributed by atoms with E-state index in [4.69, 9.17) is 5.11 Å². The van der Waals surface area contributed by atoms with E-state index in [2.05, 4.69) is 26.2 Å². The lowest BCUT2D eigenvalue weighted by Gasteiger charge is -1.99. The molecule has 0 radical (unpaired) electrons. The van der Waals surface area contributed by atoms with Crippen LogP contribution in [0.5, 0.6) is 0 Å². The van der Waals surface area contributed by atoms with Gasteiger partial charge in [-0.25, -0.2) is 0 Å². The first-order valence-corrected chi connectivity index (χ1v) is 6.73. The Morgan fingerprint density at radius 2 is 2.28 bits per heavy atom. The summed E-state index contributed by atoms with van der Waals surface area (Å²) in [5.74, 6) is -1.21. The van der Waals surface area contributed by atoms with E-state index in [1.807, 2.05) is 6.07 Å². The largest absolute Gasteiger partial charge is 0.481 e. The van der Waals surface area contributed by atoms with Crippen molar-refractivity contribution in [1.29, 1.82) is 0 Å². The van der Waals surface area contributed by atoms with Crippen LogP contribution in [0.3, 0.4) is 0 Å². The summed E-state index contributed by atoms with van der Waals surface area (Å²) in [6.45, 7) is 0.122. The van der Waals surface area contributed by atoms with Gasteiger partial charge in [0.2, 0.25) is 0 Å². The van der Waals surface area contributed by atoms with Gasteiger partial charge in [0, 0.05) is 17.2 Å². The monoisotopic (exact) mass is 328 g/mol. The quantitative estimate of drug-likeness (QED) is 0.902. The molecular formula is C11H9BrN2O3S. The molecule has 2 aromatic rings. The zero-order valence-electron chi connectivity index (χ0n) is 9.14. The van der Waals surface area contributed by atoms with Crippen LogP contribution >= 0.6 is 27.3 Å². The number of pyridine rings is 1. The lowest BCUT2D eigenvalue weighted by molar-refractivity contribution is -0.136. The molecule has 0 aliphatic carbocycles. The predicted molar refractivity (Wildman–Crippen MR) is 71.9 cm³/mol. The molecule has 0 bridgehead atoms. The van der Waals surface area contributed by atoms with Gasteiger partial charge in [0.25, 0.3) is 5.91 Å². The first-order valence-electron chi connectivity index (χ1n) is 5.12. The van der Waals surface area contributed by atoms with Crippen LogP contribution in [-0.2, 0) is 4.79 Å². The second kappa shape index (κ2) is 5.45. The number of hydrogen-bond donors (Lipinski definition) is 2. The summed E-state index contributed by atoms with van der Waals surface area (Å²) in [6.07, 6.45) is 1.57. The molecule has 7 heteroatoms. The first kappa shape index (κ1) is 13.0. The number of carbonyl (C=O) groups is 2. The molecule has 0 unspecified atom stereocenters. The summed E-state index contributed by atoms with van der Waals surface area (Å²) in [5, 5.41) is 11.0. The van der Waals surface area contributed by atoms with E-state index >= 15 is 0 Å². The van der Waals surface area contributed by atoms with Gasteiger partial charge in [-0.05, 0) is 28.1 Å². The normalized spacial score (nSPS) is 10.5. The highest BCUT2D eigenvalue weighted by Gasteiger charge is 2.12. The Labute approximate surface area is 115 Å². The summed E-state index contributed by atoms with van der Waals surface area (Å²) in [5.41, 5.74) is 0.748. The smallest absolute Gasteiger partial charge is 0.305 e.